The highest BCUT2D eigenvalue weighted by Gasteiger charge is 2.35. The molecule has 0 aliphatic heterocycles. The number of amides is 2. The van der Waals surface area contributed by atoms with Crippen LogP contribution < -0.4 is 4.90 Å². The quantitative estimate of drug-likeness (QED) is 0.625. The summed E-state index contributed by atoms with van der Waals surface area (Å²) in [5.74, 6) is -2.34. The Hall–Kier alpha value is -3.16. The summed E-state index contributed by atoms with van der Waals surface area (Å²) in [6.07, 6.45) is -5.83. The molecule has 8 heteroatoms. The lowest BCUT2D eigenvalue weighted by Gasteiger charge is -2.30. The Kier molecular flexibility index (Phi) is 6.93. The third kappa shape index (κ3) is 5.71. The Morgan fingerprint density at radius 2 is 1.48 bits per heavy atom. The molecule has 0 spiro atoms. The van der Waals surface area contributed by atoms with Crippen LogP contribution in [0.4, 0.5) is 18.9 Å². The molecule has 2 aromatic carbocycles. The van der Waals surface area contributed by atoms with Crippen LogP contribution in [-0.4, -0.2) is 23.9 Å². The van der Waals surface area contributed by atoms with E-state index in [-0.39, 0.29) is 11.3 Å². The number of alkyl halides is 3. The molecular weight excluding hydrogens is 411 g/mol. The van der Waals surface area contributed by atoms with Crippen molar-refractivity contribution in [2.75, 3.05) is 4.90 Å². The van der Waals surface area contributed by atoms with Crippen LogP contribution >= 0.6 is 0 Å². The molecule has 0 aliphatic rings. The van der Waals surface area contributed by atoms with Gasteiger partial charge in [0.2, 0.25) is 0 Å². The Bertz CT molecular complexity index is 976. The molecular formula is C23H24F3NO4. The molecule has 0 fully saturated rings. The number of imide groups is 1. The predicted octanol–water partition coefficient (Wildman–Crippen LogP) is 5.13. The number of rotatable bonds is 4. The van der Waals surface area contributed by atoms with Crippen LogP contribution in [-0.2, 0) is 25.9 Å². The molecule has 2 aromatic rings. The van der Waals surface area contributed by atoms with Gasteiger partial charge in [-0.1, -0.05) is 39.0 Å². The molecule has 0 saturated heterocycles. The minimum Gasteiger partial charge on any atom is -0.453 e. The van der Waals surface area contributed by atoms with Crippen LogP contribution in [0.3, 0.4) is 0 Å². The van der Waals surface area contributed by atoms with Crippen molar-refractivity contribution >= 4 is 23.5 Å². The van der Waals surface area contributed by atoms with Gasteiger partial charge in [-0.15, -0.1) is 0 Å². The summed E-state index contributed by atoms with van der Waals surface area (Å²) in [6, 6.07) is 10.3. The molecule has 2 rings (SSSR count). The number of esters is 1. The minimum atomic E-state index is -4.56. The molecule has 1 atom stereocenters. The third-order valence-corrected chi connectivity index (χ3v) is 4.53. The average molecular weight is 435 g/mol. The molecule has 2 amide bonds. The van der Waals surface area contributed by atoms with E-state index in [9.17, 15) is 27.6 Å². The number of carbonyl (C=O) groups is 3. The Balaban J connectivity index is 2.60. The normalized spacial score (nSPS) is 12.8. The fourth-order valence-electron chi connectivity index (χ4n) is 3.04. The molecule has 0 saturated carbocycles. The first kappa shape index (κ1) is 24.1. The van der Waals surface area contributed by atoms with E-state index < -0.39 is 41.0 Å². The molecule has 5 nitrogen and oxygen atoms in total. The Labute approximate surface area is 178 Å². The summed E-state index contributed by atoms with van der Waals surface area (Å²) in [5.41, 5.74) is -0.548. The predicted molar refractivity (Wildman–Crippen MR) is 110 cm³/mol. The maximum Gasteiger partial charge on any atom is 0.416 e. The van der Waals surface area contributed by atoms with Gasteiger partial charge in [0.15, 0.2) is 6.10 Å². The lowest BCUT2D eigenvalue weighted by atomic mass is 9.85. The fourth-order valence-corrected chi connectivity index (χ4v) is 3.04. The number of benzene rings is 2. The van der Waals surface area contributed by atoms with Gasteiger partial charge < -0.3 is 4.74 Å². The molecule has 0 unspecified atom stereocenters. The van der Waals surface area contributed by atoms with E-state index in [2.05, 4.69) is 0 Å². The van der Waals surface area contributed by atoms with E-state index in [0.717, 1.165) is 36.1 Å². The second-order valence-electron chi connectivity index (χ2n) is 8.07. The van der Waals surface area contributed by atoms with Gasteiger partial charge in [-0.05, 0) is 48.2 Å². The summed E-state index contributed by atoms with van der Waals surface area (Å²) in [5, 5.41) is 0. The van der Waals surface area contributed by atoms with Gasteiger partial charge >= 0.3 is 12.1 Å². The van der Waals surface area contributed by atoms with Crippen molar-refractivity contribution in [3.8, 4) is 0 Å². The molecule has 0 N–H and O–H groups in total. The first-order valence-corrected chi connectivity index (χ1v) is 9.55. The SMILES string of the molecule is CC(=O)O[C@@H](C)C(=O)N(C(=O)c1ccc(C(F)(F)F)cc1)c1ccccc1C(C)(C)C. The maximum atomic E-state index is 13.3. The topological polar surface area (TPSA) is 63.7 Å². The number of hydrogen-bond donors (Lipinski definition) is 0. The molecule has 166 valence electrons. The third-order valence-electron chi connectivity index (χ3n) is 4.53. The zero-order valence-corrected chi connectivity index (χ0v) is 17.9. The van der Waals surface area contributed by atoms with Gasteiger partial charge in [0.25, 0.3) is 11.8 Å². The highest BCUT2D eigenvalue weighted by molar-refractivity contribution is 6.22. The first-order chi connectivity index (χ1) is 14.2. The monoisotopic (exact) mass is 435 g/mol. The van der Waals surface area contributed by atoms with E-state index >= 15 is 0 Å². The Morgan fingerprint density at radius 3 is 1.97 bits per heavy atom. The van der Waals surface area contributed by atoms with Crippen LogP contribution in [0.15, 0.2) is 48.5 Å². The summed E-state index contributed by atoms with van der Waals surface area (Å²) in [7, 11) is 0. The van der Waals surface area contributed by atoms with Crippen molar-refractivity contribution in [1.82, 2.24) is 0 Å². The molecule has 31 heavy (non-hydrogen) atoms. The first-order valence-electron chi connectivity index (χ1n) is 9.55. The van der Waals surface area contributed by atoms with Gasteiger partial charge in [-0.2, -0.15) is 13.2 Å². The van der Waals surface area contributed by atoms with E-state index in [4.69, 9.17) is 4.74 Å². The number of para-hydroxylation sites is 1. The zero-order valence-electron chi connectivity index (χ0n) is 17.9. The number of hydrogen-bond acceptors (Lipinski definition) is 4. The lowest BCUT2D eigenvalue weighted by Crippen LogP contribution is -2.45. The summed E-state index contributed by atoms with van der Waals surface area (Å²) < 4.78 is 43.6. The highest BCUT2D eigenvalue weighted by Crippen LogP contribution is 2.34. The van der Waals surface area contributed by atoms with Crippen LogP contribution in [0.5, 0.6) is 0 Å². The number of halogens is 3. The summed E-state index contributed by atoms with van der Waals surface area (Å²) in [6.45, 7) is 8.15. The van der Waals surface area contributed by atoms with Crippen LogP contribution in [0.25, 0.3) is 0 Å². The molecule has 0 heterocycles. The van der Waals surface area contributed by atoms with E-state index in [1.165, 1.54) is 6.92 Å². The summed E-state index contributed by atoms with van der Waals surface area (Å²) in [4.78, 5) is 38.6. The minimum absolute atomic E-state index is 0.111. The molecule has 0 radical (unpaired) electrons. The van der Waals surface area contributed by atoms with Crippen molar-refractivity contribution in [1.29, 1.82) is 0 Å². The summed E-state index contributed by atoms with van der Waals surface area (Å²) >= 11 is 0. The van der Waals surface area contributed by atoms with Crippen LogP contribution in [0.2, 0.25) is 0 Å². The molecule has 0 bridgehead atoms. The van der Waals surface area contributed by atoms with Crippen molar-refractivity contribution in [2.24, 2.45) is 0 Å². The second kappa shape index (κ2) is 8.91. The maximum absolute atomic E-state index is 13.3. The number of nitrogens with zero attached hydrogens (tertiary/aromatic N) is 1. The van der Waals surface area contributed by atoms with Crippen molar-refractivity contribution < 1.29 is 32.3 Å². The van der Waals surface area contributed by atoms with Gasteiger partial charge in [-0.3, -0.25) is 14.4 Å². The Morgan fingerprint density at radius 1 is 0.935 bits per heavy atom. The van der Waals surface area contributed by atoms with Gasteiger partial charge in [0.1, 0.15) is 0 Å². The van der Waals surface area contributed by atoms with E-state index in [1.54, 1.807) is 24.3 Å². The molecule has 0 aromatic heterocycles. The van der Waals surface area contributed by atoms with Gasteiger partial charge in [-0.25, -0.2) is 4.90 Å². The number of carbonyl (C=O) groups excluding carboxylic acids is 3. The van der Waals surface area contributed by atoms with Crippen molar-refractivity contribution in [3.63, 3.8) is 0 Å². The average Bonchev–Trinajstić information content (AvgIpc) is 2.66. The largest absolute Gasteiger partial charge is 0.453 e. The van der Waals surface area contributed by atoms with Crippen molar-refractivity contribution in [2.45, 2.75) is 52.3 Å². The van der Waals surface area contributed by atoms with Gasteiger partial charge in [0, 0.05) is 12.5 Å². The zero-order chi connectivity index (χ0) is 23.6. The van der Waals surface area contributed by atoms with E-state index in [0.29, 0.717) is 5.56 Å². The van der Waals surface area contributed by atoms with Crippen LogP contribution in [0, 0.1) is 0 Å². The molecule has 0 aliphatic carbocycles. The van der Waals surface area contributed by atoms with Gasteiger partial charge in [0.05, 0.1) is 11.3 Å². The smallest absolute Gasteiger partial charge is 0.416 e. The van der Waals surface area contributed by atoms with Crippen molar-refractivity contribution in [3.05, 3.63) is 65.2 Å². The van der Waals surface area contributed by atoms with E-state index in [1.807, 2.05) is 20.8 Å². The van der Waals surface area contributed by atoms with Crippen LogP contribution in [0.1, 0.15) is 56.1 Å². The second-order valence-corrected chi connectivity index (χ2v) is 8.07. The standard InChI is InChI=1S/C23H24F3NO4/c1-14(31-15(2)28)20(29)27(19-9-7-6-8-18(19)22(3,4)5)21(30)16-10-12-17(13-11-16)23(24,25)26/h6-14H,1-5H3/t14-/m0/s1. The highest BCUT2D eigenvalue weighted by atomic mass is 19.4. The number of ether oxygens (including phenoxy) is 1. The fraction of sp³-hybridized carbons (Fsp3) is 0.348. The lowest BCUT2D eigenvalue weighted by molar-refractivity contribution is -0.151. The number of anilines is 1.